The maximum absolute atomic E-state index is 11.0. The molecule has 2 aliphatic carbocycles. The summed E-state index contributed by atoms with van der Waals surface area (Å²) >= 11 is 0. The highest BCUT2D eigenvalue weighted by Crippen LogP contribution is 2.42. The predicted octanol–water partition coefficient (Wildman–Crippen LogP) is 0.738. The van der Waals surface area contributed by atoms with Crippen LogP contribution in [-0.4, -0.2) is 16.8 Å². The third-order valence-electron chi connectivity index (χ3n) is 3.36. The Morgan fingerprint density at radius 3 is 2.31 bits per heavy atom. The van der Waals surface area contributed by atoms with Gasteiger partial charge in [-0.1, -0.05) is 5.16 Å². The van der Waals surface area contributed by atoms with E-state index in [1.165, 1.54) is 0 Å². The van der Waals surface area contributed by atoms with Crippen molar-refractivity contribution in [2.75, 3.05) is 0 Å². The molecule has 0 aromatic rings. The summed E-state index contributed by atoms with van der Waals surface area (Å²) in [5.74, 6) is 0.416. The summed E-state index contributed by atoms with van der Waals surface area (Å²) in [5, 5.41) is 12.1. The molecule has 0 spiro atoms. The Labute approximate surface area is 76.8 Å². The van der Waals surface area contributed by atoms with Gasteiger partial charge in [-0.3, -0.25) is 4.79 Å². The van der Waals surface area contributed by atoms with Gasteiger partial charge in [-0.25, -0.2) is 0 Å². The quantitative estimate of drug-likeness (QED) is 0.463. The molecule has 0 radical (unpaired) electrons. The lowest BCUT2D eigenvalue weighted by Gasteiger charge is -2.26. The van der Waals surface area contributed by atoms with Crippen molar-refractivity contribution in [2.24, 2.45) is 28.6 Å². The summed E-state index contributed by atoms with van der Waals surface area (Å²) in [6.07, 6.45) is 3.66. The van der Waals surface area contributed by atoms with Crippen LogP contribution in [0.1, 0.15) is 25.7 Å². The fourth-order valence-electron chi connectivity index (χ4n) is 2.69. The Bertz CT molecular complexity index is 246. The smallest absolute Gasteiger partial charge is 0.220 e. The van der Waals surface area contributed by atoms with Crippen molar-refractivity contribution in [3.63, 3.8) is 0 Å². The van der Waals surface area contributed by atoms with Gasteiger partial charge in [0.05, 0.1) is 5.71 Å². The topological polar surface area (TPSA) is 75.7 Å². The van der Waals surface area contributed by atoms with Crippen LogP contribution in [0.15, 0.2) is 5.16 Å². The zero-order valence-corrected chi connectivity index (χ0v) is 7.44. The van der Waals surface area contributed by atoms with E-state index >= 15 is 0 Å². The second-order valence-corrected chi connectivity index (χ2v) is 4.07. The number of amides is 1. The number of oxime groups is 1. The molecule has 3 N–H and O–H groups in total. The van der Waals surface area contributed by atoms with Gasteiger partial charge in [-0.15, -0.1) is 0 Å². The molecule has 2 rings (SSSR count). The molecule has 72 valence electrons. The van der Waals surface area contributed by atoms with Gasteiger partial charge in [0.1, 0.15) is 0 Å². The molecule has 2 bridgehead atoms. The van der Waals surface area contributed by atoms with Crippen molar-refractivity contribution in [2.45, 2.75) is 25.7 Å². The van der Waals surface area contributed by atoms with Crippen molar-refractivity contribution in [1.82, 2.24) is 0 Å². The first-order valence-corrected chi connectivity index (χ1v) is 4.73. The van der Waals surface area contributed by atoms with Gasteiger partial charge in [0.2, 0.25) is 5.91 Å². The molecule has 0 heterocycles. The lowest BCUT2D eigenvalue weighted by Crippen LogP contribution is -2.34. The van der Waals surface area contributed by atoms with Crippen LogP contribution in [0.3, 0.4) is 0 Å². The monoisotopic (exact) mass is 182 g/mol. The number of hydrogen-bond acceptors (Lipinski definition) is 3. The third-order valence-corrected chi connectivity index (χ3v) is 3.36. The zero-order chi connectivity index (χ0) is 9.42. The highest BCUT2D eigenvalue weighted by molar-refractivity contribution is 5.92. The van der Waals surface area contributed by atoms with E-state index in [1.54, 1.807) is 0 Å². The SMILES string of the molecule is NC(=O)C1C[C@H]2CC[C@@H](C1)C2=NO. The largest absolute Gasteiger partial charge is 0.411 e. The van der Waals surface area contributed by atoms with Gasteiger partial charge in [0, 0.05) is 17.8 Å². The van der Waals surface area contributed by atoms with E-state index in [4.69, 9.17) is 10.9 Å². The first kappa shape index (κ1) is 8.53. The molecule has 0 aromatic carbocycles. The molecule has 2 saturated carbocycles. The van der Waals surface area contributed by atoms with Crippen LogP contribution in [0.2, 0.25) is 0 Å². The minimum Gasteiger partial charge on any atom is -0.411 e. The summed E-state index contributed by atoms with van der Waals surface area (Å²) in [6.45, 7) is 0. The van der Waals surface area contributed by atoms with Crippen LogP contribution in [0.4, 0.5) is 0 Å². The van der Waals surface area contributed by atoms with Gasteiger partial charge in [0.15, 0.2) is 0 Å². The first-order chi connectivity index (χ1) is 6.22. The molecule has 4 heteroatoms. The maximum Gasteiger partial charge on any atom is 0.220 e. The minimum absolute atomic E-state index is 0.00278. The number of primary amides is 1. The highest BCUT2D eigenvalue weighted by atomic mass is 16.4. The standard InChI is InChI=1S/C9H14N2O2/c10-9(12)7-3-5-1-2-6(4-7)8(5)11-13/h5-7,13H,1-4H2,(H2,10,12)/t5-,6+,7?. The maximum atomic E-state index is 11.0. The Balaban J connectivity index is 2.15. The van der Waals surface area contributed by atoms with Gasteiger partial charge < -0.3 is 10.9 Å². The number of carbonyl (C=O) groups excluding carboxylic acids is 1. The Kier molecular flexibility index (Phi) is 1.98. The first-order valence-electron chi connectivity index (χ1n) is 4.73. The van der Waals surface area contributed by atoms with Gasteiger partial charge in [-0.2, -0.15) is 0 Å². The normalized spacial score (nSPS) is 40.9. The van der Waals surface area contributed by atoms with Crippen molar-refractivity contribution < 1.29 is 10.0 Å². The molecule has 0 saturated heterocycles. The molecular formula is C9H14N2O2. The number of fused-ring (bicyclic) bond motifs is 2. The second-order valence-electron chi connectivity index (χ2n) is 4.07. The van der Waals surface area contributed by atoms with E-state index in [9.17, 15) is 4.79 Å². The van der Waals surface area contributed by atoms with Crippen LogP contribution in [0.25, 0.3) is 0 Å². The van der Waals surface area contributed by atoms with E-state index < -0.39 is 0 Å². The number of carbonyl (C=O) groups is 1. The van der Waals surface area contributed by atoms with Crippen molar-refractivity contribution >= 4 is 11.6 Å². The fourth-order valence-corrected chi connectivity index (χ4v) is 2.69. The molecular weight excluding hydrogens is 168 g/mol. The van der Waals surface area contributed by atoms with E-state index in [0.29, 0.717) is 11.8 Å². The zero-order valence-electron chi connectivity index (χ0n) is 7.44. The van der Waals surface area contributed by atoms with Gasteiger partial charge in [-0.05, 0) is 25.7 Å². The molecule has 3 atom stereocenters. The fraction of sp³-hybridized carbons (Fsp3) is 0.778. The predicted molar refractivity (Wildman–Crippen MR) is 47.4 cm³/mol. The van der Waals surface area contributed by atoms with Crippen LogP contribution < -0.4 is 5.73 Å². The van der Waals surface area contributed by atoms with Crippen molar-refractivity contribution in [3.05, 3.63) is 0 Å². The molecule has 2 aliphatic rings. The molecule has 0 aliphatic heterocycles. The number of hydrogen-bond donors (Lipinski definition) is 2. The highest BCUT2D eigenvalue weighted by Gasteiger charge is 2.41. The Hall–Kier alpha value is -1.06. The van der Waals surface area contributed by atoms with E-state index in [1.807, 2.05) is 0 Å². The third kappa shape index (κ3) is 1.30. The molecule has 0 aromatic heterocycles. The average Bonchev–Trinajstić information content (AvgIpc) is 2.34. The molecule has 4 nitrogen and oxygen atoms in total. The van der Waals surface area contributed by atoms with E-state index in [-0.39, 0.29) is 11.8 Å². The lowest BCUT2D eigenvalue weighted by molar-refractivity contribution is -0.122. The molecule has 1 amide bonds. The van der Waals surface area contributed by atoms with Crippen LogP contribution in [0, 0.1) is 17.8 Å². The summed E-state index contributed by atoms with van der Waals surface area (Å²) < 4.78 is 0. The Morgan fingerprint density at radius 2 is 1.92 bits per heavy atom. The Morgan fingerprint density at radius 1 is 1.38 bits per heavy atom. The van der Waals surface area contributed by atoms with E-state index in [0.717, 1.165) is 31.4 Å². The number of nitrogens with zero attached hydrogens (tertiary/aromatic N) is 1. The van der Waals surface area contributed by atoms with Gasteiger partial charge >= 0.3 is 0 Å². The minimum atomic E-state index is -0.200. The summed E-state index contributed by atoms with van der Waals surface area (Å²) in [4.78, 5) is 11.0. The number of nitrogens with two attached hydrogens (primary N) is 1. The summed E-state index contributed by atoms with van der Waals surface area (Å²) in [5.41, 5.74) is 6.17. The lowest BCUT2D eigenvalue weighted by atomic mass is 9.79. The average molecular weight is 182 g/mol. The molecule has 13 heavy (non-hydrogen) atoms. The van der Waals surface area contributed by atoms with E-state index in [2.05, 4.69) is 5.16 Å². The van der Waals surface area contributed by atoms with Crippen molar-refractivity contribution in [1.29, 1.82) is 0 Å². The molecule has 2 fully saturated rings. The van der Waals surface area contributed by atoms with Crippen molar-refractivity contribution in [3.8, 4) is 0 Å². The number of rotatable bonds is 1. The summed E-state index contributed by atoms with van der Waals surface area (Å²) in [7, 11) is 0. The summed E-state index contributed by atoms with van der Waals surface area (Å²) in [6, 6.07) is 0. The second kappa shape index (κ2) is 3.01. The van der Waals surface area contributed by atoms with Crippen LogP contribution in [-0.2, 0) is 4.79 Å². The molecule has 1 unspecified atom stereocenters. The van der Waals surface area contributed by atoms with Crippen LogP contribution in [0.5, 0.6) is 0 Å². The van der Waals surface area contributed by atoms with Gasteiger partial charge in [0.25, 0.3) is 0 Å². The van der Waals surface area contributed by atoms with Crippen LogP contribution >= 0.6 is 0 Å².